The molecule has 2 heterocycles. The molecule has 0 spiro atoms. The Labute approximate surface area is 98.0 Å². The van der Waals surface area contributed by atoms with Crippen molar-refractivity contribution >= 4 is 5.91 Å². The first-order chi connectivity index (χ1) is 7.77. The first kappa shape index (κ1) is 11.9. The Morgan fingerprint density at radius 3 is 2.56 bits per heavy atom. The van der Waals surface area contributed by atoms with Gasteiger partial charge in [-0.2, -0.15) is 0 Å². The Kier molecular flexibility index (Phi) is 4.18. The molecule has 0 aliphatic carbocycles. The van der Waals surface area contributed by atoms with Crippen LogP contribution in [0.4, 0.5) is 0 Å². The summed E-state index contributed by atoms with van der Waals surface area (Å²) in [6.07, 6.45) is 3.66. The van der Waals surface area contributed by atoms with Crippen molar-refractivity contribution in [1.82, 2.24) is 15.1 Å². The molecule has 2 aliphatic heterocycles. The van der Waals surface area contributed by atoms with E-state index in [1.165, 1.54) is 12.8 Å². The summed E-state index contributed by atoms with van der Waals surface area (Å²) in [6, 6.07) is 0.744. The highest BCUT2D eigenvalue weighted by atomic mass is 16.2. The van der Waals surface area contributed by atoms with Gasteiger partial charge in [0.05, 0.1) is 0 Å². The highest BCUT2D eigenvalue weighted by molar-refractivity contribution is 5.73. The maximum Gasteiger partial charge on any atom is 0.219 e. The summed E-state index contributed by atoms with van der Waals surface area (Å²) in [5, 5.41) is 3.41. The van der Waals surface area contributed by atoms with E-state index in [2.05, 4.69) is 10.2 Å². The van der Waals surface area contributed by atoms with Crippen molar-refractivity contribution in [2.75, 3.05) is 39.3 Å². The number of piperidine rings is 1. The molecular weight excluding hydrogens is 202 g/mol. The van der Waals surface area contributed by atoms with Crippen LogP contribution in [0.25, 0.3) is 0 Å². The zero-order valence-corrected chi connectivity index (χ0v) is 10.2. The highest BCUT2D eigenvalue weighted by Crippen LogP contribution is 2.14. The third kappa shape index (κ3) is 2.95. The molecule has 2 fully saturated rings. The molecule has 2 rings (SSSR count). The van der Waals surface area contributed by atoms with Gasteiger partial charge in [-0.05, 0) is 32.4 Å². The van der Waals surface area contributed by atoms with E-state index in [-0.39, 0.29) is 5.91 Å². The summed E-state index contributed by atoms with van der Waals surface area (Å²) < 4.78 is 0. The van der Waals surface area contributed by atoms with Gasteiger partial charge in [-0.25, -0.2) is 0 Å². The van der Waals surface area contributed by atoms with E-state index in [1.807, 2.05) is 4.90 Å². The summed E-state index contributed by atoms with van der Waals surface area (Å²) >= 11 is 0. The minimum atomic E-state index is 0.229. The van der Waals surface area contributed by atoms with Crippen molar-refractivity contribution < 1.29 is 4.79 Å². The van der Waals surface area contributed by atoms with E-state index < -0.39 is 0 Å². The molecule has 0 saturated carbocycles. The van der Waals surface area contributed by atoms with Gasteiger partial charge in [0.15, 0.2) is 0 Å². The van der Waals surface area contributed by atoms with Gasteiger partial charge < -0.3 is 10.2 Å². The maximum absolute atomic E-state index is 11.3. The molecular formula is C12H23N3O. The van der Waals surface area contributed by atoms with E-state index in [1.54, 1.807) is 6.92 Å². The van der Waals surface area contributed by atoms with Gasteiger partial charge in [0.25, 0.3) is 0 Å². The van der Waals surface area contributed by atoms with E-state index in [4.69, 9.17) is 0 Å². The van der Waals surface area contributed by atoms with Gasteiger partial charge in [-0.15, -0.1) is 0 Å². The molecule has 0 atom stereocenters. The number of nitrogens with zero attached hydrogens (tertiary/aromatic N) is 2. The summed E-state index contributed by atoms with van der Waals surface area (Å²) in [5.74, 6) is 0.229. The molecule has 1 amide bonds. The Hall–Kier alpha value is -0.610. The van der Waals surface area contributed by atoms with Crippen LogP contribution < -0.4 is 5.32 Å². The predicted molar refractivity (Wildman–Crippen MR) is 64.3 cm³/mol. The van der Waals surface area contributed by atoms with E-state index >= 15 is 0 Å². The van der Waals surface area contributed by atoms with Crippen LogP contribution in [-0.2, 0) is 4.79 Å². The molecule has 4 nitrogen and oxygen atoms in total. The fraction of sp³-hybridized carbons (Fsp3) is 0.917. The third-order valence-corrected chi connectivity index (χ3v) is 3.80. The van der Waals surface area contributed by atoms with Gasteiger partial charge in [0, 0.05) is 39.1 Å². The Morgan fingerprint density at radius 1 is 1.12 bits per heavy atom. The summed E-state index contributed by atoms with van der Waals surface area (Å²) in [4.78, 5) is 15.9. The Balaban J connectivity index is 1.85. The average molecular weight is 225 g/mol. The van der Waals surface area contributed by atoms with Gasteiger partial charge in [0.1, 0.15) is 0 Å². The van der Waals surface area contributed by atoms with Crippen molar-refractivity contribution in [2.45, 2.75) is 32.2 Å². The van der Waals surface area contributed by atoms with Gasteiger partial charge in [0.2, 0.25) is 5.91 Å². The van der Waals surface area contributed by atoms with Crippen LogP contribution in [0.2, 0.25) is 0 Å². The molecule has 92 valence electrons. The number of hydrogen-bond donors (Lipinski definition) is 1. The molecule has 0 bridgehead atoms. The van der Waals surface area contributed by atoms with Crippen LogP contribution in [-0.4, -0.2) is 61.0 Å². The Bertz CT molecular complexity index is 238. The van der Waals surface area contributed by atoms with Crippen molar-refractivity contribution in [3.8, 4) is 0 Å². The van der Waals surface area contributed by atoms with E-state index in [0.717, 1.165) is 51.7 Å². The second-order valence-corrected chi connectivity index (χ2v) is 4.88. The second-order valence-electron chi connectivity index (χ2n) is 4.88. The van der Waals surface area contributed by atoms with Crippen LogP contribution in [0.1, 0.15) is 26.2 Å². The van der Waals surface area contributed by atoms with Gasteiger partial charge in [-0.1, -0.05) is 0 Å². The van der Waals surface area contributed by atoms with Gasteiger partial charge >= 0.3 is 0 Å². The second kappa shape index (κ2) is 5.64. The topological polar surface area (TPSA) is 35.6 Å². The van der Waals surface area contributed by atoms with Crippen LogP contribution >= 0.6 is 0 Å². The molecule has 0 unspecified atom stereocenters. The van der Waals surface area contributed by atoms with E-state index in [9.17, 15) is 4.79 Å². The molecule has 4 heteroatoms. The Morgan fingerprint density at radius 2 is 1.88 bits per heavy atom. The van der Waals surface area contributed by atoms with Crippen LogP contribution in [0.3, 0.4) is 0 Å². The molecule has 16 heavy (non-hydrogen) atoms. The van der Waals surface area contributed by atoms with E-state index in [0.29, 0.717) is 0 Å². The molecule has 1 N–H and O–H groups in total. The van der Waals surface area contributed by atoms with Gasteiger partial charge in [-0.3, -0.25) is 9.69 Å². The lowest BCUT2D eigenvalue weighted by atomic mass is 10.0. The molecule has 0 aromatic rings. The number of carbonyl (C=O) groups is 1. The third-order valence-electron chi connectivity index (χ3n) is 3.80. The number of amides is 1. The molecule has 2 aliphatic rings. The monoisotopic (exact) mass is 225 g/mol. The SMILES string of the molecule is CC(=O)N1CCCN(C2CCNCC2)CC1. The lowest BCUT2D eigenvalue weighted by Crippen LogP contribution is -2.44. The fourth-order valence-corrected chi connectivity index (χ4v) is 2.79. The normalized spacial score (nSPS) is 25.4. The van der Waals surface area contributed by atoms with Crippen LogP contribution in [0.5, 0.6) is 0 Å². The van der Waals surface area contributed by atoms with Crippen molar-refractivity contribution in [3.63, 3.8) is 0 Å². The number of rotatable bonds is 1. The minimum Gasteiger partial charge on any atom is -0.342 e. The zero-order chi connectivity index (χ0) is 11.4. The highest BCUT2D eigenvalue weighted by Gasteiger charge is 2.23. The quantitative estimate of drug-likeness (QED) is 0.697. The maximum atomic E-state index is 11.3. The molecule has 0 aromatic heterocycles. The number of nitrogens with one attached hydrogen (secondary N) is 1. The minimum absolute atomic E-state index is 0.229. The standard InChI is InChI=1S/C12H23N3O/c1-11(16)14-7-2-8-15(10-9-14)12-3-5-13-6-4-12/h12-13H,2-10H2,1H3. The average Bonchev–Trinajstić information content (AvgIpc) is 2.55. The van der Waals surface area contributed by atoms with Crippen molar-refractivity contribution in [1.29, 1.82) is 0 Å². The number of carbonyl (C=O) groups excluding carboxylic acids is 1. The first-order valence-electron chi connectivity index (χ1n) is 6.47. The molecule has 0 aromatic carbocycles. The largest absolute Gasteiger partial charge is 0.342 e. The van der Waals surface area contributed by atoms with Crippen LogP contribution in [0.15, 0.2) is 0 Å². The number of hydrogen-bond acceptors (Lipinski definition) is 3. The summed E-state index contributed by atoms with van der Waals surface area (Å²) in [7, 11) is 0. The van der Waals surface area contributed by atoms with Crippen molar-refractivity contribution in [3.05, 3.63) is 0 Å². The first-order valence-corrected chi connectivity index (χ1v) is 6.47. The smallest absolute Gasteiger partial charge is 0.219 e. The lowest BCUT2D eigenvalue weighted by Gasteiger charge is -2.33. The summed E-state index contributed by atoms with van der Waals surface area (Å²) in [6.45, 7) is 8.06. The summed E-state index contributed by atoms with van der Waals surface area (Å²) in [5.41, 5.74) is 0. The van der Waals surface area contributed by atoms with Crippen LogP contribution in [0, 0.1) is 0 Å². The fourth-order valence-electron chi connectivity index (χ4n) is 2.79. The lowest BCUT2D eigenvalue weighted by molar-refractivity contribution is -0.128. The molecule has 0 radical (unpaired) electrons. The predicted octanol–water partition coefficient (Wildman–Crippen LogP) is 0.293. The van der Waals surface area contributed by atoms with Crippen molar-refractivity contribution in [2.24, 2.45) is 0 Å². The zero-order valence-electron chi connectivity index (χ0n) is 10.2. The molecule has 2 saturated heterocycles.